The van der Waals surface area contributed by atoms with Gasteiger partial charge in [-0.3, -0.25) is 0 Å². The van der Waals surface area contributed by atoms with Crippen molar-refractivity contribution in [3.05, 3.63) is 29.3 Å². The van der Waals surface area contributed by atoms with E-state index in [1.54, 1.807) is 6.07 Å². The Morgan fingerprint density at radius 2 is 2.00 bits per heavy atom. The van der Waals surface area contributed by atoms with Gasteiger partial charge in [0.15, 0.2) is 11.6 Å². The fourth-order valence-corrected chi connectivity index (χ4v) is 3.59. The Morgan fingerprint density at radius 1 is 1.38 bits per heavy atom. The second-order valence-electron chi connectivity index (χ2n) is 5.18. The largest absolute Gasteiger partial charge is 0.366 e. The number of benzene rings is 1. The van der Waals surface area contributed by atoms with Crippen LogP contribution < -0.4 is 10.0 Å². The standard InChI is InChI=1S/C13H15F2N3O2S/c14-11-4-10(6-16)5-12(15)13(11)18-3-1-2-9(7-18)8-21(17,19)20/h4-5,9H,1-3,7-8H2,(H2,17,19,20)/t9-/m0/s1. The van der Waals surface area contributed by atoms with Gasteiger partial charge < -0.3 is 4.90 Å². The Balaban J connectivity index is 2.24. The van der Waals surface area contributed by atoms with Gasteiger partial charge in [-0.2, -0.15) is 5.26 Å². The number of hydrogen-bond donors (Lipinski definition) is 1. The second-order valence-corrected chi connectivity index (χ2v) is 6.84. The minimum absolute atomic E-state index is 0.0909. The van der Waals surface area contributed by atoms with Gasteiger partial charge in [0.25, 0.3) is 0 Å². The number of halogens is 2. The van der Waals surface area contributed by atoms with Crippen molar-refractivity contribution in [2.24, 2.45) is 11.1 Å². The maximum absolute atomic E-state index is 14.0. The monoisotopic (exact) mass is 315 g/mol. The Morgan fingerprint density at radius 3 is 2.52 bits per heavy atom. The summed E-state index contributed by atoms with van der Waals surface area (Å²) in [6.07, 6.45) is 1.27. The number of piperidine rings is 1. The fraction of sp³-hybridized carbons (Fsp3) is 0.462. The molecule has 0 bridgehead atoms. The first-order valence-corrected chi connectivity index (χ1v) is 8.16. The normalized spacial score (nSPS) is 19.3. The highest BCUT2D eigenvalue weighted by atomic mass is 32.2. The molecule has 1 aliphatic heterocycles. The zero-order valence-electron chi connectivity index (χ0n) is 11.2. The van der Waals surface area contributed by atoms with Crippen molar-refractivity contribution in [1.82, 2.24) is 0 Å². The molecular formula is C13H15F2N3O2S. The van der Waals surface area contributed by atoms with Gasteiger partial charge >= 0.3 is 0 Å². The lowest BCUT2D eigenvalue weighted by molar-refractivity contribution is 0.434. The molecule has 1 aromatic rings. The van der Waals surface area contributed by atoms with Crippen LogP contribution in [0.15, 0.2) is 12.1 Å². The van der Waals surface area contributed by atoms with Crippen molar-refractivity contribution in [3.63, 3.8) is 0 Å². The van der Waals surface area contributed by atoms with Gasteiger partial charge in [0.05, 0.1) is 17.4 Å². The van der Waals surface area contributed by atoms with E-state index in [-0.39, 0.29) is 29.5 Å². The summed E-state index contributed by atoms with van der Waals surface area (Å²) in [7, 11) is -3.62. The molecule has 2 N–H and O–H groups in total. The van der Waals surface area contributed by atoms with Crippen LogP contribution in [-0.2, 0) is 10.0 Å². The van der Waals surface area contributed by atoms with Crippen LogP contribution in [0.25, 0.3) is 0 Å². The molecule has 0 amide bonds. The molecule has 0 radical (unpaired) electrons. The van der Waals surface area contributed by atoms with Crippen molar-refractivity contribution in [2.75, 3.05) is 23.7 Å². The third kappa shape index (κ3) is 3.89. The SMILES string of the molecule is N#Cc1cc(F)c(N2CCC[C@H](CS(N)(=O)=O)C2)c(F)c1. The van der Waals surface area contributed by atoms with Gasteiger partial charge in [0.2, 0.25) is 10.0 Å². The van der Waals surface area contributed by atoms with E-state index in [0.29, 0.717) is 19.4 Å². The van der Waals surface area contributed by atoms with E-state index in [2.05, 4.69) is 0 Å². The molecule has 0 unspecified atom stereocenters. The van der Waals surface area contributed by atoms with Crippen LogP contribution in [0.5, 0.6) is 0 Å². The molecule has 1 heterocycles. The molecule has 8 heteroatoms. The number of sulfonamides is 1. The molecule has 0 aliphatic carbocycles. The van der Waals surface area contributed by atoms with Crippen molar-refractivity contribution in [1.29, 1.82) is 5.26 Å². The molecule has 5 nitrogen and oxygen atoms in total. The van der Waals surface area contributed by atoms with E-state index in [1.807, 2.05) is 0 Å². The first-order chi connectivity index (χ1) is 9.80. The average molecular weight is 315 g/mol. The molecule has 1 saturated heterocycles. The Kier molecular flexibility index (Phi) is 4.44. The third-order valence-corrected chi connectivity index (χ3v) is 4.39. The molecule has 114 valence electrons. The highest BCUT2D eigenvalue weighted by Crippen LogP contribution is 2.29. The first kappa shape index (κ1) is 15.7. The van der Waals surface area contributed by atoms with Gasteiger partial charge in [0.1, 0.15) is 5.69 Å². The van der Waals surface area contributed by atoms with E-state index >= 15 is 0 Å². The second kappa shape index (κ2) is 5.95. The molecule has 21 heavy (non-hydrogen) atoms. The van der Waals surface area contributed by atoms with Crippen LogP contribution in [0, 0.1) is 28.9 Å². The van der Waals surface area contributed by atoms with E-state index in [0.717, 1.165) is 12.1 Å². The summed E-state index contributed by atoms with van der Waals surface area (Å²) in [6.45, 7) is 0.650. The molecular weight excluding hydrogens is 300 g/mol. The molecule has 0 saturated carbocycles. The van der Waals surface area contributed by atoms with Crippen LogP contribution >= 0.6 is 0 Å². The van der Waals surface area contributed by atoms with E-state index < -0.39 is 21.7 Å². The zero-order valence-corrected chi connectivity index (χ0v) is 12.0. The van der Waals surface area contributed by atoms with Crippen LogP contribution in [0.4, 0.5) is 14.5 Å². The lowest BCUT2D eigenvalue weighted by Crippen LogP contribution is -2.40. The molecule has 1 aliphatic rings. The van der Waals surface area contributed by atoms with Gasteiger partial charge in [-0.1, -0.05) is 0 Å². The van der Waals surface area contributed by atoms with E-state index in [1.165, 1.54) is 4.90 Å². The van der Waals surface area contributed by atoms with Crippen LogP contribution in [0.2, 0.25) is 0 Å². The maximum Gasteiger partial charge on any atom is 0.209 e. The molecule has 1 aromatic carbocycles. The Hall–Kier alpha value is -1.72. The minimum Gasteiger partial charge on any atom is -0.366 e. The summed E-state index contributed by atoms with van der Waals surface area (Å²) in [4.78, 5) is 1.48. The highest BCUT2D eigenvalue weighted by molar-refractivity contribution is 7.89. The Labute approximate surface area is 122 Å². The molecule has 1 atom stereocenters. The summed E-state index contributed by atoms with van der Waals surface area (Å²) in [5.74, 6) is -2.10. The predicted octanol–water partition coefficient (Wildman–Crippen LogP) is 1.34. The van der Waals surface area contributed by atoms with E-state index in [9.17, 15) is 17.2 Å². The average Bonchev–Trinajstić information content (AvgIpc) is 2.36. The smallest absolute Gasteiger partial charge is 0.209 e. The summed E-state index contributed by atoms with van der Waals surface area (Å²) in [5, 5.41) is 13.7. The van der Waals surface area contributed by atoms with Crippen LogP contribution in [0.3, 0.4) is 0 Å². The first-order valence-electron chi connectivity index (χ1n) is 6.44. The molecule has 2 rings (SSSR count). The summed E-state index contributed by atoms with van der Waals surface area (Å²) >= 11 is 0. The Bertz CT molecular complexity index is 662. The quantitative estimate of drug-likeness (QED) is 0.912. The number of nitrogens with zero attached hydrogens (tertiary/aromatic N) is 2. The van der Waals surface area contributed by atoms with Crippen molar-refractivity contribution in [2.45, 2.75) is 12.8 Å². The summed E-state index contributed by atoms with van der Waals surface area (Å²) in [5.41, 5.74) is -0.306. The van der Waals surface area contributed by atoms with Crippen molar-refractivity contribution < 1.29 is 17.2 Å². The predicted molar refractivity (Wildman–Crippen MR) is 74.0 cm³/mol. The highest BCUT2D eigenvalue weighted by Gasteiger charge is 2.27. The van der Waals surface area contributed by atoms with Crippen LogP contribution in [-0.4, -0.2) is 27.3 Å². The number of hydrogen-bond acceptors (Lipinski definition) is 4. The summed E-state index contributed by atoms with van der Waals surface area (Å²) in [6, 6.07) is 3.63. The number of nitriles is 1. The van der Waals surface area contributed by atoms with Gasteiger partial charge in [-0.25, -0.2) is 22.3 Å². The number of nitrogens with two attached hydrogens (primary N) is 1. The van der Waals surface area contributed by atoms with Gasteiger partial charge in [0, 0.05) is 13.1 Å². The summed E-state index contributed by atoms with van der Waals surface area (Å²) < 4.78 is 50.2. The van der Waals surface area contributed by atoms with Crippen LogP contribution in [0.1, 0.15) is 18.4 Å². The number of primary sulfonamides is 1. The van der Waals surface area contributed by atoms with Gasteiger partial charge in [-0.15, -0.1) is 0 Å². The maximum atomic E-state index is 14.0. The van der Waals surface area contributed by atoms with Crippen molar-refractivity contribution in [3.8, 4) is 6.07 Å². The number of anilines is 1. The third-order valence-electron chi connectivity index (χ3n) is 3.45. The minimum atomic E-state index is -3.62. The molecule has 0 aromatic heterocycles. The molecule has 0 spiro atoms. The topological polar surface area (TPSA) is 87.2 Å². The fourth-order valence-electron chi connectivity index (χ4n) is 2.66. The zero-order chi connectivity index (χ0) is 15.6. The lowest BCUT2D eigenvalue weighted by atomic mass is 9.99. The van der Waals surface area contributed by atoms with Crippen molar-refractivity contribution >= 4 is 15.7 Å². The number of rotatable bonds is 3. The lowest BCUT2D eigenvalue weighted by Gasteiger charge is -2.34. The van der Waals surface area contributed by atoms with E-state index in [4.69, 9.17) is 10.4 Å². The van der Waals surface area contributed by atoms with Gasteiger partial charge in [-0.05, 0) is 30.9 Å². The molecule has 1 fully saturated rings.